The van der Waals surface area contributed by atoms with Gasteiger partial charge in [0.05, 0.1) is 6.04 Å². The summed E-state index contributed by atoms with van der Waals surface area (Å²) < 4.78 is 10.3. The van der Waals surface area contributed by atoms with Crippen molar-refractivity contribution in [1.82, 2.24) is 15.2 Å². The zero-order valence-corrected chi connectivity index (χ0v) is 14.7. The summed E-state index contributed by atoms with van der Waals surface area (Å²) in [4.78, 5) is 30.3. The molecule has 1 fully saturated rings. The molecule has 2 amide bonds. The normalized spacial score (nSPS) is 18.1. The standard InChI is InChI=1S/C15H23N3O4S/c1-15(2,3)22-14(20)18-7-5-6-11(18)13-17-10(8-23-13)12(19)16-9-21-4/h8,11H,5-7,9H2,1-4H3,(H,16,19)/t11-/m0/s1. The van der Waals surface area contributed by atoms with Crippen molar-refractivity contribution in [1.29, 1.82) is 0 Å². The Balaban J connectivity index is 2.07. The monoisotopic (exact) mass is 341 g/mol. The van der Waals surface area contributed by atoms with Crippen molar-refractivity contribution in [3.05, 3.63) is 16.1 Å². The van der Waals surface area contributed by atoms with Gasteiger partial charge < -0.3 is 14.8 Å². The molecule has 1 atom stereocenters. The molecule has 23 heavy (non-hydrogen) atoms. The highest BCUT2D eigenvalue weighted by Crippen LogP contribution is 2.34. The Morgan fingerprint density at radius 3 is 2.87 bits per heavy atom. The van der Waals surface area contributed by atoms with Crippen LogP contribution < -0.4 is 5.32 Å². The second-order valence-corrected chi connectivity index (χ2v) is 7.23. The summed E-state index contributed by atoms with van der Waals surface area (Å²) in [5.74, 6) is -0.281. The molecule has 0 aromatic carbocycles. The van der Waals surface area contributed by atoms with Gasteiger partial charge in [-0.25, -0.2) is 9.78 Å². The van der Waals surface area contributed by atoms with Gasteiger partial charge in [-0.1, -0.05) is 0 Å². The molecule has 0 radical (unpaired) electrons. The third-order valence-electron chi connectivity index (χ3n) is 3.30. The minimum absolute atomic E-state index is 0.126. The maximum absolute atomic E-state index is 12.3. The molecule has 0 spiro atoms. The third-order valence-corrected chi connectivity index (χ3v) is 4.24. The molecule has 0 saturated carbocycles. The quantitative estimate of drug-likeness (QED) is 0.851. The van der Waals surface area contributed by atoms with Crippen LogP contribution >= 0.6 is 11.3 Å². The van der Waals surface area contributed by atoms with E-state index in [4.69, 9.17) is 9.47 Å². The highest BCUT2D eigenvalue weighted by Gasteiger charge is 2.35. The van der Waals surface area contributed by atoms with E-state index < -0.39 is 5.60 Å². The minimum Gasteiger partial charge on any atom is -0.444 e. The molecule has 1 aliphatic rings. The van der Waals surface area contributed by atoms with Crippen LogP contribution in [0.25, 0.3) is 0 Å². The van der Waals surface area contributed by atoms with Gasteiger partial charge in [-0.2, -0.15) is 0 Å². The number of aromatic nitrogens is 1. The van der Waals surface area contributed by atoms with Crippen LogP contribution in [0, 0.1) is 0 Å². The molecule has 128 valence electrons. The van der Waals surface area contributed by atoms with Crippen molar-refractivity contribution >= 4 is 23.3 Å². The number of likely N-dealkylation sites (tertiary alicyclic amines) is 1. The van der Waals surface area contributed by atoms with Gasteiger partial charge in [-0.05, 0) is 33.6 Å². The molecule has 1 aromatic heterocycles. The van der Waals surface area contributed by atoms with E-state index >= 15 is 0 Å². The Labute approximate surface area is 140 Å². The van der Waals surface area contributed by atoms with Crippen molar-refractivity contribution < 1.29 is 19.1 Å². The van der Waals surface area contributed by atoms with E-state index in [2.05, 4.69) is 10.3 Å². The summed E-state index contributed by atoms with van der Waals surface area (Å²) in [5.41, 5.74) is -0.184. The molecule has 2 heterocycles. The van der Waals surface area contributed by atoms with E-state index in [1.54, 1.807) is 10.3 Å². The predicted molar refractivity (Wildman–Crippen MR) is 86.4 cm³/mol. The van der Waals surface area contributed by atoms with Crippen molar-refractivity contribution in [2.24, 2.45) is 0 Å². The van der Waals surface area contributed by atoms with Crippen LogP contribution in [0.4, 0.5) is 4.79 Å². The highest BCUT2D eigenvalue weighted by molar-refractivity contribution is 7.09. The molecule has 0 unspecified atom stereocenters. The van der Waals surface area contributed by atoms with E-state index in [-0.39, 0.29) is 24.8 Å². The molecular weight excluding hydrogens is 318 g/mol. The first-order valence-electron chi connectivity index (χ1n) is 7.54. The van der Waals surface area contributed by atoms with Crippen molar-refractivity contribution in [3.8, 4) is 0 Å². The lowest BCUT2D eigenvalue weighted by Gasteiger charge is -2.27. The molecule has 1 aliphatic heterocycles. The lowest BCUT2D eigenvalue weighted by Crippen LogP contribution is -2.36. The van der Waals surface area contributed by atoms with Crippen molar-refractivity contribution in [3.63, 3.8) is 0 Å². The van der Waals surface area contributed by atoms with Crippen LogP contribution in [-0.4, -0.2) is 47.9 Å². The maximum atomic E-state index is 12.3. The second-order valence-electron chi connectivity index (χ2n) is 6.34. The molecular formula is C15H23N3O4S. The predicted octanol–water partition coefficient (Wildman–Crippen LogP) is 2.55. The topological polar surface area (TPSA) is 80.8 Å². The summed E-state index contributed by atoms with van der Waals surface area (Å²) in [6.45, 7) is 6.32. The van der Waals surface area contributed by atoms with Gasteiger partial charge in [-0.3, -0.25) is 9.69 Å². The first kappa shape index (κ1) is 17.7. The Kier molecular flexibility index (Phi) is 5.59. The zero-order valence-electron chi connectivity index (χ0n) is 13.9. The number of hydrogen-bond acceptors (Lipinski definition) is 6. The average Bonchev–Trinajstić information content (AvgIpc) is 3.10. The van der Waals surface area contributed by atoms with Crippen LogP contribution in [0.2, 0.25) is 0 Å². The summed E-state index contributed by atoms with van der Waals surface area (Å²) in [6, 6.07) is -0.126. The fraction of sp³-hybridized carbons (Fsp3) is 0.667. The number of nitrogens with one attached hydrogen (secondary N) is 1. The number of ether oxygens (including phenoxy) is 2. The SMILES string of the molecule is COCNC(=O)c1csc([C@@H]2CCCN2C(=O)OC(C)(C)C)n1. The number of rotatable bonds is 4. The fourth-order valence-corrected chi connectivity index (χ4v) is 3.28. The summed E-state index contributed by atoms with van der Waals surface area (Å²) >= 11 is 1.39. The average molecular weight is 341 g/mol. The number of thiazole rings is 1. The number of nitrogens with zero attached hydrogens (tertiary/aromatic N) is 2. The van der Waals surface area contributed by atoms with E-state index in [1.165, 1.54) is 18.4 Å². The van der Waals surface area contributed by atoms with Crippen molar-refractivity contribution in [2.45, 2.75) is 45.3 Å². The van der Waals surface area contributed by atoms with Gasteiger partial charge in [0, 0.05) is 19.0 Å². The van der Waals surface area contributed by atoms with E-state index in [0.29, 0.717) is 12.2 Å². The molecule has 2 rings (SSSR count). The van der Waals surface area contributed by atoms with Gasteiger partial charge in [0.15, 0.2) is 0 Å². The molecule has 7 nitrogen and oxygen atoms in total. The maximum Gasteiger partial charge on any atom is 0.410 e. The number of methoxy groups -OCH3 is 1. The zero-order chi connectivity index (χ0) is 17.0. The van der Waals surface area contributed by atoms with Gasteiger partial charge in [0.2, 0.25) is 0 Å². The molecule has 8 heteroatoms. The van der Waals surface area contributed by atoms with Crippen molar-refractivity contribution in [2.75, 3.05) is 20.4 Å². The summed E-state index contributed by atoms with van der Waals surface area (Å²) in [7, 11) is 1.50. The lowest BCUT2D eigenvalue weighted by molar-refractivity contribution is 0.0224. The van der Waals surface area contributed by atoms with Crippen LogP contribution in [0.1, 0.15) is 55.2 Å². The first-order chi connectivity index (χ1) is 10.8. The Hall–Kier alpha value is -1.67. The molecule has 0 aliphatic carbocycles. The largest absolute Gasteiger partial charge is 0.444 e. The highest BCUT2D eigenvalue weighted by atomic mass is 32.1. The molecule has 0 bridgehead atoms. The van der Waals surface area contributed by atoms with Gasteiger partial charge in [0.1, 0.15) is 23.0 Å². The van der Waals surface area contributed by atoms with Crippen LogP contribution in [-0.2, 0) is 9.47 Å². The fourth-order valence-electron chi connectivity index (χ4n) is 2.34. The van der Waals surface area contributed by atoms with Gasteiger partial charge >= 0.3 is 6.09 Å². The lowest BCUT2D eigenvalue weighted by atomic mass is 10.2. The molecule has 1 saturated heterocycles. The smallest absolute Gasteiger partial charge is 0.410 e. The van der Waals surface area contributed by atoms with Crippen LogP contribution in [0.3, 0.4) is 0 Å². The molecule has 1 N–H and O–H groups in total. The Bertz CT molecular complexity index is 567. The number of amides is 2. The number of carbonyl (C=O) groups is 2. The van der Waals surface area contributed by atoms with Crippen LogP contribution in [0.5, 0.6) is 0 Å². The third kappa shape index (κ3) is 4.65. The van der Waals surface area contributed by atoms with Crippen LogP contribution in [0.15, 0.2) is 5.38 Å². The minimum atomic E-state index is -0.529. The van der Waals surface area contributed by atoms with E-state index in [0.717, 1.165) is 17.8 Å². The number of carbonyl (C=O) groups excluding carboxylic acids is 2. The van der Waals surface area contributed by atoms with Gasteiger partial charge in [-0.15, -0.1) is 11.3 Å². The Morgan fingerprint density at radius 2 is 2.22 bits per heavy atom. The summed E-state index contributed by atoms with van der Waals surface area (Å²) in [5, 5.41) is 5.06. The van der Waals surface area contributed by atoms with E-state index in [1.807, 2.05) is 20.8 Å². The second kappa shape index (κ2) is 7.27. The van der Waals surface area contributed by atoms with E-state index in [9.17, 15) is 9.59 Å². The molecule has 1 aromatic rings. The van der Waals surface area contributed by atoms with Gasteiger partial charge in [0.25, 0.3) is 5.91 Å². The summed E-state index contributed by atoms with van der Waals surface area (Å²) in [6.07, 6.45) is 1.39. The first-order valence-corrected chi connectivity index (χ1v) is 8.42. The number of hydrogen-bond donors (Lipinski definition) is 1. The Morgan fingerprint density at radius 1 is 1.48 bits per heavy atom.